The highest BCUT2D eigenvalue weighted by molar-refractivity contribution is 5.92. The van der Waals surface area contributed by atoms with Crippen LogP contribution in [0.25, 0.3) is 22.4 Å². The first-order valence-electron chi connectivity index (χ1n) is 17.5. The third kappa shape index (κ3) is 7.30. The molecule has 8 aromatic rings. The van der Waals surface area contributed by atoms with E-state index in [1.807, 2.05) is 29.4 Å². The SMILES string of the molecule is C(=NN(c1ccccc1)c1ccc2ccccc2c1)c1ccc(N(c2ccccc2)c2ccc(C=C(c3ccccc3)c3ccccc3)cc2)cc1. The molecule has 0 aliphatic carbocycles. The summed E-state index contributed by atoms with van der Waals surface area (Å²) < 4.78 is 0. The van der Waals surface area contributed by atoms with Crippen molar-refractivity contribution in [2.45, 2.75) is 0 Å². The first-order valence-corrected chi connectivity index (χ1v) is 17.5. The van der Waals surface area contributed by atoms with E-state index < -0.39 is 0 Å². The Kier molecular flexibility index (Phi) is 9.48. The zero-order valence-corrected chi connectivity index (χ0v) is 28.7. The molecule has 52 heavy (non-hydrogen) atoms. The fraction of sp³-hybridized carbons (Fsp3) is 0. The maximum Gasteiger partial charge on any atom is 0.0659 e. The molecule has 0 heterocycles. The molecule has 0 saturated carbocycles. The molecule has 0 amide bonds. The van der Waals surface area contributed by atoms with Crippen LogP contribution in [0.1, 0.15) is 22.3 Å². The Morgan fingerprint density at radius 2 is 0.808 bits per heavy atom. The number of hydrazone groups is 1. The number of rotatable bonds is 10. The molecule has 0 atom stereocenters. The minimum absolute atomic E-state index is 0.999. The summed E-state index contributed by atoms with van der Waals surface area (Å²) in [6, 6.07) is 74.2. The second-order valence-electron chi connectivity index (χ2n) is 12.6. The third-order valence-corrected chi connectivity index (χ3v) is 9.10. The summed E-state index contributed by atoms with van der Waals surface area (Å²) >= 11 is 0. The van der Waals surface area contributed by atoms with Gasteiger partial charge in [-0.05, 0) is 105 Å². The van der Waals surface area contributed by atoms with Gasteiger partial charge in [0.25, 0.3) is 0 Å². The molecular formula is C49H37N3. The molecule has 0 radical (unpaired) electrons. The standard InChI is InChI=1S/C49H37N3/c1-5-16-41(17-6-1)49(42-18-7-2-8-19-42)35-38-25-30-45(31-26-38)51(44-21-9-3-10-22-44)46-32-27-39(28-33-46)37-50-52(47-23-11-4-12-24-47)48-34-29-40-15-13-14-20-43(40)36-48/h1-37H. The molecule has 0 spiro atoms. The van der Waals surface area contributed by atoms with Gasteiger partial charge in [-0.15, -0.1) is 0 Å². The summed E-state index contributed by atoms with van der Waals surface area (Å²) in [5, 5.41) is 9.38. The van der Waals surface area contributed by atoms with E-state index in [2.05, 4.69) is 205 Å². The van der Waals surface area contributed by atoms with Gasteiger partial charge in [0.15, 0.2) is 0 Å². The number of para-hydroxylation sites is 2. The minimum Gasteiger partial charge on any atom is -0.311 e. The Labute approximate surface area is 305 Å². The Morgan fingerprint density at radius 1 is 0.365 bits per heavy atom. The van der Waals surface area contributed by atoms with Gasteiger partial charge in [0.1, 0.15) is 0 Å². The molecule has 0 bridgehead atoms. The predicted molar refractivity (Wildman–Crippen MR) is 221 cm³/mol. The van der Waals surface area contributed by atoms with Crippen molar-refractivity contribution in [1.29, 1.82) is 0 Å². The largest absolute Gasteiger partial charge is 0.311 e. The van der Waals surface area contributed by atoms with Gasteiger partial charge < -0.3 is 4.90 Å². The molecule has 3 nitrogen and oxygen atoms in total. The third-order valence-electron chi connectivity index (χ3n) is 9.10. The second-order valence-corrected chi connectivity index (χ2v) is 12.6. The first kappa shape index (κ1) is 32.2. The van der Waals surface area contributed by atoms with Crippen LogP contribution >= 0.6 is 0 Å². The van der Waals surface area contributed by atoms with E-state index in [1.165, 1.54) is 27.5 Å². The highest BCUT2D eigenvalue weighted by Crippen LogP contribution is 2.35. The monoisotopic (exact) mass is 667 g/mol. The van der Waals surface area contributed by atoms with Gasteiger partial charge in [0.2, 0.25) is 0 Å². The first-order chi connectivity index (χ1) is 25.8. The molecule has 0 saturated heterocycles. The minimum atomic E-state index is 0.999. The van der Waals surface area contributed by atoms with E-state index in [4.69, 9.17) is 5.10 Å². The lowest BCUT2D eigenvalue weighted by Gasteiger charge is -2.25. The van der Waals surface area contributed by atoms with Gasteiger partial charge in [0.05, 0.1) is 17.6 Å². The molecular weight excluding hydrogens is 631 g/mol. The number of hydrogen-bond donors (Lipinski definition) is 0. The summed E-state index contributed by atoms with van der Waals surface area (Å²) in [5.41, 5.74) is 11.0. The average molecular weight is 668 g/mol. The van der Waals surface area contributed by atoms with Crippen molar-refractivity contribution in [2.24, 2.45) is 5.10 Å². The zero-order valence-electron chi connectivity index (χ0n) is 28.7. The second kappa shape index (κ2) is 15.3. The smallest absolute Gasteiger partial charge is 0.0659 e. The van der Waals surface area contributed by atoms with Crippen LogP contribution in [-0.2, 0) is 0 Å². The quantitative estimate of drug-likeness (QED) is 0.0821. The summed E-state index contributed by atoms with van der Waals surface area (Å²) in [6.07, 6.45) is 4.20. The normalized spacial score (nSPS) is 11.0. The Balaban J connectivity index is 1.10. The molecule has 0 unspecified atom stereocenters. The maximum absolute atomic E-state index is 5.00. The average Bonchev–Trinajstić information content (AvgIpc) is 3.22. The molecule has 0 aliphatic heterocycles. The molecule has 0 fully saturated rings. The van der Waals surface area contributed by atoms with Crippen molar-refractivity contribution in [1.82, 2.24) is 0 Å². The number of nitrogens with zero attached hydrogens (tertiary/aromatic N) is 3. The highest BCUT2D eigenvalue weighted by atomic mass is 15.5. The van der Waals surface area contributed by atoms with Crippen LogP contribution in [0.15, 0.2) is 217 Å². The molecule has 3 heteroatoms. The van der Waals surface area contributed by atoms with Crippen molar-refractivity contribution >= 4 is 57.1 Å². The zero-order chi connectivity index (χ0) is 35.0. The topological polar surface area (TPSA) is 18.8 Å². The van der Waals surface area contributed by atoms with Gasteiger partial charge in [-0.2, -0.15) is 5.10 Å². The number of fused-ring (bicyclic) bond motifs is 1. The van der Waals surface area contributed by atoms with Crippen LogP contribution in [0.2, 0.25) is 0 Å². The molecule has 8 aromatic carbocycles. The van der Waals surface area contributed by atoms with Gasteiger partial charge in [-0.25, -0.2) is 5.01 Å². The predicted octanol–water partition coefficient (Wildman–Crippen LogP) is 13.1. The van der Waals surface area contributed by atoms with Gasteiger partial charge in [-0.3, -0.25) is 0 Å². The van der Waals surface area contributed by atoms with Crippen LogP contribution in [0, 0.1) is 0 Å². The summed E-state index contributed by atoms with van der Waals surface area (Å²) in [7, 11) is 0. The van der Waals surface area contributed by atoms with Crippen molar-refractivity contribution < 1.29 is 0 Å². The van der Waals surface area contributed by atoms with E-state index in [1.54, 1.807) is 0 Å². The lowest BCUT2D eigenvalue weighted by molar-refractivity contribution is 1.09. The Bertz CT molecular complexity index is 2380. The Morgan fingerprint density at radius 3 is 1.38 bits per heavy atom. The van der Waals surface area contributed by atoms with E-state index in [9.17, 15) is 0 Å². The van der Waals surface area contributed by atoms with Gasteiger partial charge >= 0.3 is 0 Å². The maximum atomic E-state index is 5.00. The van der Waals surface area contributed by atoms with Crippen molar-refractivity contribution in [3.63, 3.8) is 0 Å². The van der Waals surface area contributed by atoms with Crippen molar-refractivity contribution in [3.8, 4) is 0 Å². The van der Waals surface area contributed by atoms with E-state index in [-0.39, 0.29) is 0 Å². The van der Waals surface area contributed by atoms with Crippen LogP contribution in [0.4, 0.5) is 28.4 Å². The van der Waals surface area contributed by atoms with E-state index in [0.29, 0.717) is 0 Å². The summed E-state index contributed by atoms with van der Waals surface area (Å²) in [6.45, 7) is 0. The number of benzene rings is 8. The fourth-order valence-corrected chi connectivity index (χ4v) is 6.47. The van der Waals surface area contributed by atoms with Crippen LogP contribution in [0.3, 0.4) is 0 Å². The lowest BCUT2D eigenvalue weighted by atomic mass is 9.95. The highest BCUT2D eigenvalue weighted by Gasteiger charge is 2.13. The lowest BCUT2D eigenvalue weighted by Crippen LogP contribution is -2.10. The number of anilines is 5. The van der Waals surface area contributed by atoms with Crippen LogP contribution in [0.5, 0.6) is 0 Å². The fourth-order valence-electron chi connectivity index (χ4n) is 6.47. The summed E-state index contributed by atoms with van der Waals surface area (Å²) in [5.74, 6) is 0. The van der Waals surface area contributed by atoms with Crippen LogP contribution in [-0.4, -0.2) is 6.21 Å². The van der Waals surface area contributed by atoms with E-state index in [0.717, 1.165) is 39.6 Å². The van der Waals surface area contributed by atoms with Gasteiger partial charge in [-0.1, -0.05) is 152 Å². The molecule has 8 rings (SSSR count). The number of hydrogen-bond acceptors (Lipinski definition) is 3. The van der Waals surface area contributed by atoms with Crippen molar-refractivity contribution in [3.05, 3.63) is 235 Å². The summed E-state index contributed by atoms with van der Waals surface area (Å²) in [4.78, 5) is 2.29. The van der Waals surface area contributed by atoms with Gasteiger partial charge in [0, 0.05) is 17.1 Å². The molecule has 0 N–H and O–H groups in total. The molecule has 248 valence electrons. The van der Waals surface area contributed by atoms with Crippen LogP contribution < -0.4 is 9.91 Å². The molecule has 0 aliphatic rings. The Hall–Kier alpha value is -6.97. The van der Waals surface area contributed by atoms with E-state index >= 15 is 0 Å². The van der Waals surface area contributed by atoms with Crippen molar-refractivity contribution in [2.75, 3.05) is 9.91 Å². The molecule has 0 aromatic heterocycles.